The highest BCUT2D eigenvalue weighted by Gasteiger charge is 2.60. The van der Waals surface area contributed by atoms with E-state index in [-0.39, 0.29) is 5.41 Å². The number of aromatic nitrogens is 3. The zero-order chi connectivity index (χ0) is 21.6. The van der Waals surface area contributed by atoms with Gasteiger partial charge in [-0.25, -0.2) is 4.68 Å². The summed E-state index contributed by atoms with van der Waals surface area (Å²) in [4.78, 5) is 18.3. The summed E-state index contributed by atoms with van der Waals surface area (Å²) >= 11 is 0. The van der Waals surface area contributed by atoms with Gasteiger partial charge in [0.25, 0.3) is 0 Å². The highest BCUT2D eigenvalue weighted by atomic mass is 16.6. The van der Waals surface area contributed by atoms with E-state index in [9.17, 15) is 4.79 Å². The SMILES string of the molecule is C[C@]12CC/C(=N/OCCn3cc(CN)nn3)CC1CCC1C2CC[C@]2(C)C(=O)CCC12. The number of hydrogen-bond donors (Lipinski definition) is 1. The van der Waals surface area contributed by atoms with Gasteiger partial charge in [-0.2, -0.15) is 0 Å². The van der Waals surface area contributed by atoms with Crippen LogP contribution >= 0.6 is 0 Å². The van der Waals surface area contributed by atoms with Gasteiger partial charge in [0.15, 0.2) is 0 Å². The van der Waals surface area contributed by atoms with Gasteiger partial charge in [0.1, 0.15) is 12.4 Å². The largest absolute Gasteiger partial charge is 0.394 e. The van der Waals surface area contributed by atoms with E-state index < -0.39 is 0 Å². The van der Waals surface area contributed by atoms with Crippen molar-refractivity contribution < 1.29 is 9.63 Å². The summed E-state index contributed by atoms with van der Waals surface area (Å²) in [6, 6.07) is 0. The minimum Gasteiger partial charge on any atom is -0.394 e. The molecule has 0 saturated heterocycles. The van der Waals surface area contributed by atoms with Crippen LogP contribution in [0.25, 0.3) is 0 Å². The molecule has 2 N–H and O–H groups in total. The lowest BCUT2D eigenvalue weighted by Gasteiger charge is -2.59. The first-order valence-electron chi connectivity index (χ1n) is 12.2. The molecule has 4 saturated carbocycles. The van der Waals surface area contributed by atoms with Crippen LogP contribution in [-0.2, 0) is 22.7 Å². The molecule has 0 aliphatic heterocycles. The average molecular weight is 428 g/mol. The molecule has 4 aliphatic carbocycles. The topological polar surface area (TPSA) is 95.4 Å². The van der Waals surface area contributed by atoms with Crippen LogP contribution in [0.15, 0.2) is 11.4 Å². The van der Waals surface area contributed by atoms with E-state index in [2.05, 4.69) is 29.3 Å². The van der Waals surface area contributed by atoms with Crippen molar-refractivity contribution >= 4 is 11.5 Å². The third-order valence-electron chi connectivity index (χ3n) is 9.61. The van der Waals surface area contributed by atoms with E-state index in [4.69, 9.17) is 10.6 Å². The molecule has 1 aromatic heterocycles. The fourth-order valence-corrected chi connectivity index (χ4v) is 7.73. The van der Waals surface area contributed by atoms with Gasteiger partial charge in [-0.05, 0) is 80.5 Å². The lowest BCUT2D eigenvalue weighted by atomic mass is 9.45. The predicted octanol–water partition coefficient (Wildman–Crippen LogP) is 3.72. The summed E-state index contributed by atoms with van der Waals surface area (Å²) in [5.74, 6) is 3.41. The molecule has 0 amide bonds. The number of hydrogen-bond acceptors (Lipinski definition) is 6. The van der Waals surface area contributed by atoms with Gasteiger partial charge < -0.3 is 10.6 Å². The minimum atomic E-state index is -0.0193. The molecule has 0 aromatic carbocycles. The van der Waals surface area contributed by atoms with Crippen LogP contribution in [0.3, 0.4) is 0 Å². The van der Waals surface area contributed by atoms with E-state index >= 15 is 0 Å². The summed E-state index contributed by atoms with van der Waals surface area (Å²) < 4.78 is 1.76. The van der Waals surface area contributed by atoms with Crippen LogP contribution in [0.2, 0.25) is 0 Å². The fraction of sp³-hybridized carbons (Fsp3) is 0.833. The van der Waals surface area contributed by atoms with E-state index in [0.29, 0.717) is 42.7 Å². The molecule has 0 radical (unpaired) electrons. The quantitative estimate of drug-likeness (QED) is 0.571. The molecule has 7 heteroatoms. The van der Waals surface area contributed by atoms with Gasteiger partial charge in [-0.3, -0.25) is 4.79 Å². The number of fused-ring (bicyclic) bond motifs is 5. The van der Waals surface area contributed by atoms with E-state index in [1.807, 2.05) is 6.20 Å². The van der Waals surface area contributed by atoms with Crippen LogP contribution < -0.4 is 5.73 Å². The molecule has 7 nitrogen and oxygen atoms in total. The normalized spacial score (nSPS) is 41.0. The number of Topliss-reactive ketones (excluding diaryl/α,β-unsaturated/α-hetero) is 1. The summed E-state index contributed by atoms with van der Waals surface area (Å²) in [6.07, 6.45) is 12.0. The van der Waals surface area contributed by atoms with Crippen LogP contribution in [-0.4, -0.2) is 33.1 Å². The van der Waals surface area contributed by atoms with Gasteiger partial charge in [-0.15, -0.1) is 5.10 Å². The standard InChI is InChI=1S/C24H37N5O2/c1-23-9-7-17(27-31-12-11-29-15-18(14-25)26-28-29)13-16(23)3-4-19-20-5-6-22(30)24(20,2)10-8-21(19)23/h15-16,19-21H,3-14,25H2,1-2H3/b27-17-/t16?,19?,20?,21?,23-,24-/m0/s1. The molecule has 0 spiro atoms. The van der Waals surface area contributed by atoms with Crippen molar-refractivity contribution in [2.24, 2.45) is 45.4 Å². The molecule has 170 valence electrons. The molecule has 31 heavy (non-hydrogen) atoms. The first kappa shape index (κ1) is 21.1. The molecule has 6 atom stereocenters. The van der Waals surface area contributed by atoms with Gasteiger partial charge in [0.2, 0.25) is 0 Å². The molecule has 1 heterocycles. The van der Waals surface area contributed by atoms with Crippen LogP contribution in [0.5, 0.6) is 0 Å². The van der Waals surface area contributed by atoms with E-state index in [1.165, 1.54) is 31.4 Å². The number of ketones is 1. The predicted molar refractivity (Wildman–Crippen MR) is 118 cm³/mol. The lowest BCUT2D eigenvalue weighted by molar-refractivity contribution is -0.137. The summed E-state index contributed by atoms with van der Waals surface area (Å²) in [7, 11) is 0. The molecule has 4 aliphatic rings. The Labute approximate surface area is 185 Å². The highest BCUT2D eigenvalue weighted by molar-refractivity contribution is 5.87. The number of oxime groups is 1. The van der Waals surface area contributed by atoms with Crippen molar-refractivity contribution in [1.82, 2.24) is 15.0 Å². The zero-order valence-electron chi connectivity index (χ0n) is 19.1. The Hall–Kier alpha value is -1.76. The summed E-state index contributed by atoms with van der Waals surface area (Å²) in [5.41, 5.74) is 7.96. The molecule has 0 bridgehead atoms. The maximum Gasteiger partial charge on any atom is 0.139 e. The number of carbonyl (C=O) groups excluding carboxylic acids is 1. The third-order valence-corrected chi connectivity index (χ3v) is 9.61. The smallest absolute Gasteiger partial charge is 0.139 e. The van der Waals surface area contributed by atoms with Crippen molar-refractivity contribution in [3.8, 4) is 0 Å². The summed E-state index contributed by atoms with van der Waals surface area (Å²) in [6.45, 7) is 6.36. The Kier molecular flexibility index (Phi) is 5.43. The first-order chi connectivity index (χ1) is 14.9. The fourth-order valence-electron chi connectivity index (χ4n) is 7.73. The summed E-state index contributed by atoms with van der Waals surface area (Å²) in [5, 5.41) is 12.5. The number of carbonyl (C=O) groups is 1. The zero-order valence-corrected chi connectivity index (χ0v) is 19.1. The third kappa shape index (κ3) is 3.53. The van der Waals surface area contributed by atoms with Crippen LogP contribution in [0.4, 0.5) is 0 Å². The number of rotatable bonds is 5. The molecular weight excluding hydrogens is 390 g/mol. The lowest BCUT2D eigenvalue weighted by Crippen LogP contribution is -2.53. The monoisotopic (exact) mass is 427 g/mol. The van der Waals surface area contributed by atoms with Crippen molar-refractivity contribution in [2.45, 2.75) is 84.7 Å². The molecule has 4 unspecified atom stereocenters. The van der Waals surface area contributed by atoms with Crippen LogP contribution in [0, 0.1) is 34.5 Å². The molecule has 1 aromatic rings. The molecule has 5 rings (SSSR count). The van der Waals surface area contributed by atoms with E-state index in [1.54, 1.807) is 4.68 Å². The van der Waals surface area contributed by atoms with Crippen molar-refractivity contribution in [3.05, 3.63) is 11.9 Å². The Bertz CT molecular complexity index is 866. The van der Waals surface area contributed by atoms with Gasteiger partial charge >= 0.3 is 0 Å². The second kappa shape index (κ2) is 7.98. The van der Waals surface area contributed by atoms with Crippen molar-refractivity contribution in [2.75, 3.05) is 6.61 Å². The van der Waals surface area contributed by atoms with Gasteiger partial charge in [0.05, 0.1) is 18.0 Å². The van der Waals surface area contributed by atoms with Crippen LogP contribution in [0.1, 0.15) is 77.3 Å². The van der Waals surface area contributed by atoms with Gasteiger partial charge in [0, 0.05) is 24.6 Å². The first-order valence-corrected chi connectivity index (χ1v) is 12.2. The van der Waals surface area contributed by atoms with Crippen molar-refractivity contribution in [3.63, 3.8) is 0 Å². The Morgan fingerprint density at radius 3 is 2.87 bits per heavy atom. The maximum absolute atomic E-state index is 12.6. The average Bonchev–Trinajstić information content (AvgIpc) is 3.35. The minimum absolute atomic E-state index is 0.0193. The second-order valence-electron chi connectivity index (χ2n) is 10.9. The van der Waals surface area contributed by atoms with Crippen molar-refractivity contribution in [1.29, 1.82) is 0 Å². The maximum atomic E-state index is 12.6. The number of nitrogens with zero attached hydrogens (tertiary/aromatic N) is 4. The highest BCUT2D eigenvalue weighted by Crippen LogP contribution is 2.65. The van der Waals surface area contributed by atoms with Gasteiger partial charge in [-0.1, -0.05) is 24.2 Å². The second-order valence-corrected chi connectivity index (χ2v) is 10.9. The van der Waals surface area contributed by atoms with E-state index in [0.717, 1.165) is 49.6 Å². The Morgan fingerprint density at radius 1 is 1.19 bits per heavy atom. The number of nitrogens with two attached hydrogens (primary N) is 1. The Balaban J connectivity index is 1.19. The Morgan fingerprint density at radius 2 is 2.06 bits per heavy atom. The molecule has 4 fully saturated rings. The molecular formula is C24H37N5O2.